The van der Waals surface area contributed by atoms with Crippen molar-refractivity contribution in [3.05, 3.63) is 28.2 Å². The second kappa shape index (κ2) is 3.68. The molecule has 1 fully saturated rings. The van der Waals surface area contributed by atoms with Gasteiger partial charge in [-0.3, -0.25) is 0 Å². The molecule has 1 aromatic rings. The number of benzene rings is 1. The van der Waals surface area contributed by atoms with Crippen LogP contribution in [0.15, 0.2) is 22.7 Å². The van der Waals surface area contributed by atoms with Crippen LogP contribution in [-0.4, -0.2) is 18.2 Å². The van der Waals surface area contributed by atoms with Crippen LogP contribution in [0.5, 0.6) is 5.75 Å². The average molecular weight is 242 g/mol. The van der Waals surface area contributed by atoms with E-state index in [4.69, 9.17) is 0 Å². The first-order valence-electron chi connectivity index (χ1n) is 4.44. The minimum atomic E-state index is 0.404. The number of phenolic OH excluding ortho intramolecular Hbond substituents is 1. The van der Waals surface area contributed by atoms with Crippen molar-refractivity contribution in [1.82, 2.24) is 5.32 Å². The topological polar surface area (TPSA) is 32.3 Å². The van der Waals surface area contributed by atoms with E-state index in [9.17, 15) is 5.11 Å². The van der Waals surface area contributed by atoms with Crippen LogP contribution >= 0.6 is 15.9 Å². The molecule has 0 bridgehead atoms. The van der Waals surface area contributed by atoms with Gasteiger partial charge in [0.05, 0.1) is 0 Å². The predicted octanol–water partition coefficient (Wildman–Crippen LogP) is 1.92. The number of phenols is 1. The van der Waals surface area contributed by atoms with Gasteiger partial charge in [-0.1, -0.05) is 22.0 Å². The Hall–Kier alpha value is -0.540. The van der Waals surface area contributed by atoms with Crippen LogP contribution in [0.25, 0.3) is 0 Å². The standard InChI is InChI=1S/C10H12BrNO/c11-9-2-1-3-10(13)8(9)4-7-5-12-6-7/h1-3,7,12-13H,4-6H2. The summed E-state index contributed by atoms with van der Waals surface area (Å²) in [5.41, 5.74) is 1.04. The van der Waals surface area contributed by atoms with E-state index in [1.165, 1.54) is 0 Å². The van der Waals surface area contributed by atoms with Gasteiger partial charge in [0.1, 0.15) is 5.75 Å². The first-order chi connectivity index (χ1) is 6.27. The second-order valence-electron chi connectivity index (χ2n) is 3.47. The summed E-state index contributed by atoms with van der Waals surface area (Å²) in [7, 11) is 0. The summed E-state index contributed by atoms with van der Waals surface area (Å²) >= 11 is 3.45. The number of rotatable bonds is 2. The fraction of sp³-hybridized carbons (Fsp3) is 0.400. The van der Waals surface area contributed by atoms with Gasteiger partial charge in [0.2, 0.25) is 0 Å². The third-order valence-electron chi connectivity index (χ3n) is 2.45. The van der Waals surface area contributed by atoms with Gasteiger partial charge in [0, 0.05) is 10.0 Å². The molecule has 0 amide bonds. The maximum absolute atomic E-state index is 9.61. The van der Waals surface area contributed by atoms with Crippen LogP contribution in [0.2, 0.25) is 0 Å². The Balaban J connectivity index is 2.17. The van der Waals surface area contributed by atoms with Crippen molar-refractivity contribution in [2.75, 3.05) is 13.1 Å². The summed E-state index contributed by atoms with van der Waals surface area (Å²) < 4.78 is 1.01. The van der Waals surface area contributed by atoms with E-state index in [1.54, 1.807) is 6.07 Å². The molecule has 1 aromatic carbocycles. The van der Waals surface area contributed by atoms with E-state index in [0.717, 1.165) is 29.5 Å². The summed E-state index contributed by atoms with van der Waals surface area (Å²) in [6.07, 6.45) is 0.959. The highest BCUT2D eigenvalue weighted by atomic mass is 79.9. The highest BCUT2D eigenvalue weighted by Gasteiger charge is 2.19. The summed E-state index contributed by atoms with van der Waals surface area (Å²) in [6, 6.07) is 5.56. The molecule has 2 nitrogen and oxygen atoms in total. The number of halogens is 1. The smallest absolute Gasteiger partial charge is 0.119 e. The zero-order valence-electron chi connectivity index (χ0n) is 7.26. The van der Waals surface area contributed by atoms with Crippen LogP contribution in [0, 0.1) is 5.92 Å². The number of hydrogen-bond donors (Lipinski definition) is 2. The van der Waals surface area contributed by atoms with E-state index in [0.29, 0.717) is 11.7 Å². The molecule has 13 heavy (non-hydrogen) atoms. The molecule has 0 spiro atoms. The monoisotopic (exact) mass is 241 g/mol. The summed E-state index contributed by atoms with van der Waals surface area (Å²) in [6.45, 7) is 2.14. The minimum Gasteiger partial charge on any atom is -0.508 e. The molecule has 1 heterocycles. The SMILES string of the molecule is Oc1cccc(Br)c1CC1CNC1. The normalized spacial score (nSPS) is 17.0. The van der Waals surface area contributed by atoms with E-state index in [2.05, 4.69) is 21.2 Å². The van der Waals surface area contributed by atoms with Gasteiger partial charge in [-0.05, 0) is 37.6 Å². The van der Waals surface area contributed by atoms with Crippen molar-refractivity contribution in [2.45, 2.75) is 6.42 Å². The first-order valence-corrected chi connectivity index (χ1v) is 5.24. The fourth-order valence-corrected chi connectivity index (χ4v) is 2.05. The van der Waals surface area contributed by atoms with Crippen LogP contribution in [0.3, 0.4) is 0 Å². The Morgan fingerprint density at radius 3 is 2.77 bits per heavy atom. The average Bonchev–Trinajstić information content (AvgIpc) is 2.00. The Bertz CT molecular complexity index is 290. The highest BCUT2D eigenvalue weighted by Crippen LogP contribution is 2.28. The molecule has 0 aliphatic carbocycles. The molecule has 0 radical (unpaired) electrons. The van der Waals surface area contributed by atoms with Crippen molar-refractivity contribution < 1.29 is 5.11 Å². The molecule has 0 aromatic heterocycles. The van der Waals surface area contributed by atoms with Gasteiger partial charge in [-0.25, -0.2) is 0 Å². The maximum atomic E-state index is 9.61. The van der Waals surface area contributed by atoms with E-state index >= 15 is 0 Å². The molecule has 0 saturated carbocycles. The molecule has 2 N–H and O–H groups in total. The van der Waals surface area contributed by atoms with Crippen molar-refractivity contribution >= 4 is 15.9 Å². The van der Waals surface area contributed by atoms with E-state index in [-0.39, 0.29) is 0 Å². The first kappa shape index (κ1) is 9.03. The largest absolute Gasteiger partial charge is 0.508 e. The van der Waals surface area contributed by atoms with Gasteiger partial charge in [0.15, 0.2) is 0 Å². The summed E-state index contributed by atoms with van der Waals surface area (Å²) in [5.74, 6) is 1.09. The van der Waals surface area contributed by atoms with Crippen LogP contribution in [-0.2, 0) is 6.42 Å². The number of aromatic hydroxyl groups is 1. The zero-order valence-corrected chi connectivity index (χ0v) is 8.84. The van der Waals surface area contributed by atoms with Crippen LogP contribution in [0.4, 0.5) is 0 Å². The number of hydrogen-bond acceptors (Lipinski definition) is 2. The molecule has 2 rings (SSSR count). The molecule has 1 aliphatic rings. The lowest BCUT2D eigenvalue weighted by Crippen LogP contribution is -2.43. The molecular formula is C10H12BrNO. The van der Waals surface area contributed by atoms with Crippen LogP contribution < -0.4 is 5.32 Å². The minimum absolute atomic E-state index is 0.404. The van der Waals surface area contributed by atoms with Gasteiger partial charge in [0.25, 0.3) is 0 Å². The number of nitrogens with one attached hydrogen (secondary N) is 1. The van der Waals surface area contributed by atoms with Gasteiger partial charge in [-0.2, -0.15) is 0 Å². The fourth-order valence-electron chi connectivity index (χ4n) is 1.53. The van der Waals surface area contributed by atoms with Gasteiger partial charge >= 0.3 is 0 Å². The molecule has 0 atom stereocenters. The molecule has 3 heteroatoms. The Labute approximate surface area is 86.1 Å². The van der Waals surface area contributed by atoms with E-state index in [1.807, 2.05) is 12.1 Å². The third kappa shape index (κ3) is 1.86. The van der Waals surface area contributed by atoms with E-state index < -0.39 is 0 Å². The Kier molecular flexibility index (Phi) is 2.56. The Morgan fingerprint density at radius 1 is 1.46 bits per heavy atom. The lowest BCUT2D eigenvalue weighted by Gasteiger charge is -2.27. The quantitative estimate of drug-likeness (QED) is 0.830. The maximum Gasteiger partial charge on any atom is 0.119 e. The van der Waals surface area contributed by atoms with Gasteiger partial charge in [-0.15, -0.1) is 0 Å². The zero-order chi connectivity index (χ0) is 9.26. The van der Waals surface area contributed by atoms with Crippen molar-refractivity contribution in [3.63, 3.8) is 0 Å². The lowest BCUT2D eigenvalue weighted by atomic mass is 9.94. The van der Waals surface area contributed by atoms with Crippen LogP contribution in [0.1, 0.15) is 5.56 Å². The molecule has 0 unspecified atom stereocenters. The van der Waals surface area contributed by atoms with Crippen molar-refractivity contribution in [2.24, 2.45) is 5.92 Å². The van der Waals surface area contributed by atoms with Crippen molar-refractivity contribution in [3.8, 4) is 5.75 Å². The molecule has 1 saturated heterocycles. The van der Waals surface area contributed by atoms with Crippen molar-refractivity contribution in [1.29, 1.82) is 0 Å². The summed E-state index contributed by atoms with van der Waals surface area (Å²) in [4.78, 5) is 0. The summed E-state index contributed by atoms with van der Waals surface area (Å²) in [5, 5.41) is 12.8. The molecule has 70 valence electrons. The molecular weight excluding hydrogens is 230 g/mol. The second-order valence-corrected chi connectivity index (χ2v) is 4.32. The van der Waals surface area contributed by atoms with Gasteiger partial charge < -0.3 is 10.4 Å². The third-order valence-corrected chi connectivity index (χ3v) is 3.20. The molecule has 1 aliphatic heterocycles. The highest BCUT2D eigenvalue weighted by molar-refractivity contribution is 9.10. The Morgan fingerprint density at radius 2 is 2.23 bits per heavy atom. The lowest BCUT2D eigenvalue weighted by molar-refractivity contribution is 0.341. The predicted molar refractivity (Wildman–Crippen MR) is 55.9 cm³/mol.